The Labute approximate surface area is 194 Å². The minimum atomic E-state index is -0.207. The quantitative estimate of drug-likeness (QED) is 0.465. The van der Waals surface area contributed by atoms with Crippen molar-refractivity contribution in [3.63, 3.8) is 0 Å². The number of nitrogens with zero attached hydrogens (tertiary/aromatic N) is 5. The molecule has 2 aromatic heterocycles. The molecule has 33 heavy (non-hydrogen) atoms. The molecule has 0 spiro atoms. The van der Waals surface area contributed by atoms with Gasteiger partial charge in [-0.3, -0.25) is 9.59 Å². The topological polar surface area (TPSA) is 80.0 Å². The van der Waals surface area contributed by atoms with Crippen LogP contribution in [0.4, 0.5) is 5.82 Å². The van der Waals surface area contributed by atoms with Gasteiger partial charge in [0.15, 0.2) is 0 Å². The largest absolute Gasteiger partial charge is 0.497 e. The summed E-state index contributed by atoms with van der Waals surface area (Å²) in [5.74, 6) is 1.33. The number of piperazine rings is 1. The van der Waals surface area contributed by atoms with Crippen LogP contribution < -0.4 is 15.2 Å². The van der Waals surface area contributed by atoms with Crippen molar-refractivity contribution in [2.75, 3.05) is 38.2 Å². The minimum absolute atomic E-state index is 0.00835. The Morgan fingerprint density at radius 1 is 1.00 bits per heavy atom. The molecule has 0 atom stereocenters. The molecule has 1 aliphatic rings. The van der Waals surface area contributed by atoms with Crippen LogP contribution in [0.1, 0.15) is 15.9 Å². The molecular formula is C24H23N5O3S. The lowest BCUT2D eigenvalue weighted by molar-refractivity contribution is 0.0746. The third-order valence-corrected chi connectivity index (χ3v) is 6.72. The number of hydrogen-bond donors (Lipinski definition) is 0. The number of rotatable bonds is 4. The van der Waals surface area contributed by atoms with Crippen LogP contribution in [0, 0.1) is 6.92 Å². The number of aromatic nitrogens is 3. The lowest BCUT2D eigenvalue weighted by atomic mass is 10.1. The molecule has 0 saturated carbocycles. The summed E-state index contributed by atoms with van der Waals surface area (Å²) in [5.41, 5.74) is 2.56. The number of fused-ring (bicyclic) bond motifs is 1. The molecule has 0 radical (unpaired) electrons. The van der Waals surface area contributed by atoms with Gasteiger partial charge in [0.1, 0.15) is 16.6 Å². The molecule has 1 aliphatic heterocycles. The van der Waals surface area contributed by atoms with Crippen LogP contribution in [0.5, 0.6) is 5.75 Å². The van der Waals surface area contributed by atoms with Crippen molar-refractivity contribution in [1.82, 2.24) is 19.5 Å². The van der Waals surface area contributed by atoms with E-state index in [-0.39, 0.29) is 11.5 Å². The van der Waals surface area contributed by atoms with E-state index in [1.54, 1.807) is 31.4 Å². The van der Waals surface area contributed by atoms with Crippen molar-refractivity contribution >= 4 is 28.0 Å². The van der Waals surface area contributed by atoms with Crippen LogP contribution in [0.2, 0.25) is 0 Å². The molecule has 1 amide bonds. The molecule has 8 nitrogen and oxygen atoms in total. The van der Waals surface area contributed by atoms with Crippen LogP contribution in [0.15, 0.2) is 59.4 Å². The lowest BCUT2D eigenvalue weighted by Gasteiger charge is -2.35. The summed E-state index contributed by atoms with van der Waals surface area (Å²) in [6.45, 7) is 4.36. The zero-order chi connectivity index (χ0) is 22.9. The van der Waals surface area contributed by atoms with E-state index in [0.29, 0.717) is 42.5 Å². The number of carbonyl (C=O) groups excluding carboxylic acids is 1. The first-order chi connectivity index (χ1) is 16.0. The average molecular weight is 462 g/mol. The Bertz CT molecular complexity index is 1350. The van der Waals surface area contributed by atoms with Crippen LogP contribution in [0.25, 0.3) is 15.5 Å². The van der Waals surface area contributed by atoms with E-state index in [1.165, 1.54) is 27.5 Å². The monoisotopic (exact) mass is 461 g/mol. The van der Waals surface area contributed by atoms with E-state index in [9.17, 15) is 9.59 Å². The number of anilines is 1. The van der Waals surface area contributed by atoms with Crippen LogP contribution in [0.3, 0.4) is 0 Å². The smallest absolute Gasteiger partial charge is 0.277 e. The Morgan fingerprint density at radius 2 is 1.70 bits per heavy atom. The molecule has 9 heteroatoms. The molecule has 0 unspecified atom stereocenters. The van der Waals surface area contributed by atoms with Crippen molar-refractivity contribution < 1.29 is 9.53 Å². The van der Waals surface area contributed by atoms with Gasteiger partial charge >= 0.3 is 0 Å². The molecule has 0 N–H and O–H groups in total. The Morgan fingerprint density at radius 3 is 2.36 bits per heavy atom. The van der Waals surface area contributed by atoms with Gasteiger partial charge in [0.25, 0.3) is 11.5 Å². The van der Waals surface area contributed by atoms with Gasteiger partial charge in [-0.25, -0.2) is 4.98 Å². The van der Waals surface area contributed by atoms with Gasteiger partial charge in [-0.05, 0) is 31.2 Å². The maximum Gasteiger partial charge on any atom is 0.277 e. The third kappa shape index (κ3) is 4.19. The van der Waals surface area contributed by atoms with Gasteiger partial charge in [0, 0.05) is 43.4 Å². The molecule has 1 saturated heterocycles. The molecule has 3 heterocycles. The van der Waals surface area contributed by atoms with E-state index < -0.39 is 0 Å². The first-order valence-electron chi connectivity index (χ1n) is 10.7. The molecule has 168 valence electrons. The van der Waals surface area contributed by atoms with Crippen LogP contribution in [-0.4, -0.2) is 58.7 Å². The van der Waals surface area contributed by atoms with Gasteiger partial charge in [0.05, 0.1) is 7.11 Å². The third-order valence-electron chi connectivity index (χ3n) is 5.76. The Hall–Kier alpha value is -3.72. The summed E-state index contributed by atoms with van der Waals surface area (Å²) in [6, 6.07) is 16.7. The highest BCUT2D eigenvalue weighted by atomic mass is 32.1. The van der Waals surface area contributed by atoms with E-state index in [0.717, 1.165) is 16.3 Å². The second-order valence-electron chi connectivity index (χ2n) is 7.93. The van der Waals surface area contributed by atoms with Crippen LogP contribution >= 0.6 is 11.3 Å². The summed E-state index contributed by atoms with van der Waals surface area (Å²) in [6.07, 6.45) is 0. The van der Waals surface area contributed by atoms with Gasteiger partial charge in [0.2, 0.25) is 4.96 Å². The molecule has 0 bridgehead atoms. The summed E-state index contributed by atoms with van der Waals surface area (Å²) in [7, 11) is 1.60. The van der Waals surface area contributed by atoms with Crippen molar-refractivity contribution in [3.05, 3.63) is 76.1 Å². The fraction of sp³-hybridized carbons (Fsp3) is 0.250. The predicted molar refractivity (Wildman–Crippen MR) is 128 cm³/mol. The predicted octanol–water partition coefficient (Wildman–Crippen LogP) is 3.10. The number of benzene rings is 2. The Kier molecular flexibility index (Phi) is 5.55. The van der Waals surface area contributed by atoms with Crippen molar-refractivity contribution in [2.24, 2.45) is 0 Å². The second-order valence-corrected chi connectivity index (χ2v) is 8.88. The van der Waals surface area contributed by atoms with E-state index in [1.807, 2.05) is 41.0 Å². The number of ether oxygens (including phenoxy) is 1. The summed E-state index contributed by atoms with van der Waals surface area (Å²) in [4.78, 5) is 34.7. The van der Waals surface area contributed by atoms with E-state index in [4.69, 9.17) is 9.72 Å². The standard InChI is InChI=1S/C24H23N5O3S/c1-16-3-5-17(6-4-16)22-26-29-21(30)15-20(25-24(29)33-22)27-11-13-28(14-12-27)23(31)18-7-9-19(32-2)10-8-18/h3-10,15H,11-14H2,1-2H3. The molecule has 4 aromatic rings. The minimum Gasteiger partial charge on any atom is -0.497 e. The van der Waals surface area contributed by atoms with Gasteiger partial charge in [-0.1, -0.05) is 41.2 Å². The Balaban J connectivity index is 1.32. The fourth-order valence-corrected chi connectivity index (χ4v) is 4.73. The number of carbonyl (C=O) groups is 1. The first-order valence-corrected chi connectivity index (χ1v) is 11.5. The van der Waals surface area contributed by atoms with Crippen LogP contribution in [-0.2, 0) is 0 Å². The number of hydrogen-bond acceptors (Lipinski definition) is 7. The summed E-state index contributed by atoms with van der Waals surface area (Å²) in [5, 5.41) is 5.22. The zero-order valence-electron chi connectivity index (χ0n) is 18.4. The molecule has 2 aromatic carbocycles. The fourth-order valence-electron chi connectivity index (χ4n) is 3.83. The zero-order valence-corrected chi connectivity index (χ0v) is 19.2. The molecular weight excluding hydrogens is 438 g/mol. The molecule has 1 fully saturated rings. The van der Waals surface area contributed by atoms with E-state index >= 15 is 0 Å². The van der Waals surface area contributed by atoms with Crippen molar-refractivity contribution in [2.45, 2.75) is 6.92 Å². The number of methoxy groups -OCH3 is 1. The van der Waals surface area contributed by atoms with E-state index in [2.05, 4.69) is 5.10 Å². The second kappa shape index (κ2) is 8.67. The lowest BCUT2D eigenvalue weighted by Crippen LogP contribution is -2.49. The average Bonchev–Trinajstić information content (AvgIpc) is 3.29. The highest BCUT2D eigenvalue weighted by Crippen LogP contribution is 2.26. The first kappa shape index (κ1) is 21.1. The maximum absolute atomic E-state index is 12.8. The highest BCUT2D eigenvalue weighted by Gasteiger charge is 2.24. The van der Waals surface area contributed by atoms with Gasteiger partial charge < -0.3 is 14.5 Å². The number of amides is 1. The highest BCUT2D eigenvalue weighted by molar-refractivity contribution is 7.19. The van der Waals surface area contributed by atoms with Gasteiger partial charge in [-0.2, -0.15) is 9.61 Å². The van der Waals surface area contributed by atoms with Crippen molar-refractivity contribution in [3.8, 4) is 16.3 Å². The molecule has 0 aliphatic carbocycles. The summed E-state index contributed by atoms with van der Waals surface area (Å²) >= 11 is 1.39. The van der Waals surface area contributed by atoms with Crippen molar-refractivity contribution in [1.29, 1.82) is 0 Å². The maximum atomic E-state index is 12.8. The molecule has 5 rings (SSSR count). The van der Waals surface area contributed by atoms with Gasteiger partial charge in [-0.15, -0.1) is 0 Å². The SMILES string of the molecule is COc1ccc(C(=O)N2CCN(c3cc(=O)n4nc(-c5ccc(C)cc5)sc4n3)CC2)cc1. The number of aryl methyl sites for hydroxylation is 1. The normalized spacial score (nSPS) is 14.0. The summed E-state index contributed by atoms with van der Waals surface area (Å²) < 4.78 is 6.51.